The van der Waals surface area contributed by atoms with Gasteiger partial charge in [-0.25, -0.2) is 19.6 Å². The van der Waals surface area contributed by atoms with Gasteiger partial charge in [-0.2, -0.15) is 0 Å². The second kappa shape index (κ2) is 8.37. The van der Waals surface area contributed by atoms with Crippen LogP contribution in [-0.4, -0.2) is 38.2 Å². The average Bonchev–Trinajstić information content (AvgIpc) is 2.14. The van der Waals surface area contributed by atoms with Gasteiger partial charge in [-0.05, 0) is 13.8 Å². The topological polar surface area (TPSA) is 71.7 Å². The molecule has 4 N–H and O–H groups in total. The quantitative estimate of drug-likeness (QED) is 0.196. The van der Waals surface area contributed by atoms with E-state index in [0.29, 0.717) is 5.96 Å². The molecule has 0 aromatic rings. The molecule has 5 nitrogen and oxygen atoms in total. The Bertz CT molecular complexity index is 187. The van der Waals surface area contributed by atoms with Crippen LogP contribution in [0.4, 0.5) is 8.78 Å². The predicted molar refractivity (Wildman–Crippen MR) is 54.7 cm³/mol. The van der Waals surface area contributed by atoms with E-state index in [1.54, 1.807) is 0 Å². The van der Waals surface area contributed by atoms with Crippen LogP contribution in [0.1, 0.15) is 13.8 Å². The Morgan fingerprint density at radius 1 is 1.47 bits per heavy atom. The van der Waals surface area contributed by atoms with Crippen LogP contribution in [0.2, 0.25) is 0 Å². The lowest BCUT2D eigenvalue weighted by Gasteiger charge is -2.11. The van der Waals surface area contributed by atoms with Crippen LogP contribution < -0.4 is 16.6 Å². The zero-order chi connectivity index (χ0) is 11.7. The van der Waals surface area contributed by atoms with Gasteiger partial charge in [-0.3, -0.25) is 5.43 Å². The summed E-state index contributed by atoms with van der Waals surface area (Å²) in [6.45, 7) is 3.74. The van der Waals surface area contributed by atoms with Crippen molar-refractivity contribution in [3.05, 3.63) is 0 Å². The summed E-state index contributed by atoms with van der Waals surface area (Å²) in [5.74, 6) is 5.60. The molecule has 90 valence electrons. The van der Waals surface area contributed by atoms with Crippen LogP contribution in [0.15, 0.2) is 4.99 Å². The number of guanidine groups is 1. The van der Waals surface area contributed by atoms with Crippen molar-refractivity contribution in [2.24, 2.45) is 10.8 Å². The minimum absolute atomic E-state index is 0.148. The fourth-order valence-electron chi connectivity index (χ4n) is 0.801. The van der Waals surface area contributed by atoms with E-state index in [-0.39, 0.29) is 19.2 Å². The lowest BCUT2D eigenvalue weighted by Crippen LogP contribution is -2.44. The SMILES string of the molecule is CC(C)NC(=NCCOCC(F)F)NN. The third-order valence-electron chi connectivity index (χ3n) is 1.31. The first-order chi connectivity index (χ1) is 7.06. The van der Waals surface area contributed by atoms with Gasteiger partial charge < -0.3 is 10.1 Å². The molecule has 0 unspecified atom stereocenters. The predicted octanol–water partition coefficient (Wildman–Crippen LogP) is 0.0854. The van der Waals surface area contributed by atoms with E-state index in [2.05, 4.69) is 20.5 Å². The van der Waals surface area contributed by atoms with Gasteiger partial charge in [-0.1, -0.05) is 0 Å². The Morgan fingerprint density at radius 3 is 2.60 bits per heavy atom. The van der Waals surface area contributed by atoms with E-state index in [4.69, 9.17) is 5.84 Å². The van der Waals surface area contributed by atoms with Crippen LogP contribution in [0, 0.1) is 0 Å². The summed E-state index contributed by atoms with van der Waals surface area (Å²) in [5, 5.41) is 2.94. The molecule has 0 aliphatic heterocycles. The molecule has 0 amide bonds. The molecule has 15 heavy (non-hydrogen) atoms. The van der Waals surface area contributed by atoms with Gasteiger partial charge in [0, 0.05) is 6.04 Å². The molecule has 0 aliphatic rings. The van der Waals surface area contributed by atoms with Crippen molar-refractivity contribution in [1.82, 2.24) is 10.7 Å². The molecule has 0 aliphatic carbocycles. The van der Waals surface area contributed by atoms with Crippen molar-refractivity contribution < 1.29 is 13.5 Å². The van der Waals surface area contributed by atoms with Gasteiger partial charge in [0.2, 0.25) is 5.96 Å². The highest BCUT2D eigenvalue weighted by Crippen LogP contribution is 1.91. The van der Waals surface area contributed by atoms with Crippen molar-refractivity contribution in [3.8, 4) is 0 Å². The number of hydrogen-bond donors (Lipinski definition) is 3. The third kappa shape index (κ3) is 9.36. The van der Waals surface area contributed by atoms with Gasteiger partial charge in [0.15, 0.2) is 0 Å². The van der Waals surface area contributed by atoms with Crippen LogP contribution >= 0.6 is 0 Å². The summed E-state index contributed by atoms with van der Waals surface area (Å²) >= 11 is 0. The molecule has 0 saturated carbocycles. The number of aliphatic imine (C=N–C) groups is 1. The largest absolute Gasteiger partial charge is 0.374 e. The monoisotopic (exact) mass is 224 g/mol. The summed E-state index contributed by atoms with van der Waals surface area (Å²) in [4.78, 5) is 3.98. The van der Waals surface area contributed by atoms with Crippen molar-refractivity contribution in [3.63, 3.8) is 0 Å². The van der Waals surface area contributed by atoms with E-state index in [1.165, 1.54) is 0 Å². The van der Waals surface area contributed by atoms with Crippen molar-refractivity contribution in [1.29, 1.82) is 0 Å². The zero-order valence-corrected chi connectivity index (χ0v) is 8.96. The zero-order valence-electron chi connectivity index (χ0n) is 8.96. The van der Waals surface area contributed by atoms with E-state index in [9.17, 15) is 8.78 Å². The molecular formula is C8H18F2N4O. The van der Waals surface area contributed by atoms with Crippen molar-refractivity contribution >= 4 is 5.96 Å². The van der Waals surface area contributed by atoms with Crippen LogP contribution in [0.5, 0.6) is 0 Å². The summed E-state index contributed by atoms with van der Waals surface area (Å²) in [5.41, 5.74) is 2.37. The Hall–Kier alpha value is -0.950. The van der Waals surface area contributed by atoms with E-state index >= 15 is 0 Å². The molecule has 0 fully saturated rings. The number of rotatable bonds is 6. The van der Waals surface area contributed by atoms with E-state index in [1.807, 2.05) is 13.8 Å². The molecule has 0 saturated heterocycles. The summed E-state index contributed by atoms with van der Waals surface area (Å²) in [6, 6.07) is 0.196. The second-order valence-corrected chi connectivity index (χ2v) is 3.14. The molecule has 0 rings (SSSR count). The number of ether oxygens (including phenoxy) is 1. The summed E-state index contributed by atoms with van der Waals surface area (Å²) in [6.07, 6.45) is -2.44. The Morgan fingerprint density at radius 2 is 2.13 bits per heavy atom. The van der Waals surface area contributed by atoms with Crippen molar-refractivity contribution in [2.45, 2.75) is 26.3 Å². The maximum Gasteiger partial charge on any atom is 0.261 e. The minimum atomic E-state index is -2.44. The first-order valence-electron chi connectivity index (χ1n) is 4.69. The lowest BCUT2D eigenvalue weighted by atomic mass is 10.4. The highest BCUT2D eigenvalue weighted by molar-refractivity contribution is 5.79. The molecule has 0 radical (unpaired) electrons. The van der Waals surface area contributed by atoms with Crippen LogP contribution in [-0.2, 0) is 4.74 Å². The average molecular weight is 224 g/mol. The molecule has 0 spiro atoms. The van der Waals surface area contributed by atoms with Gasteiger partial charge >= 0.3 is 0 Å². The summed E-state index contributed by atoms with van der Waals surface area (Å²) < 4.78 is 27.9. The van der Waals surface area contributed by atoms with Crippen LogP contribution in [0.3, 0.4) is 0 Å². The molecular weight excluding hydrogens is 206 g/mol. The first-order valence-corrected chi connectivity index (χ1v) is 4.69. The van der Waals surface area contributed by atoms with Crippen LogP contribution in [0.25, 0.3) is 0 Å². The first kappa shape index (κ1) is 14.1. The second-order valence-electron chi connectivity index (χ2n) is 3.14. The molecule has 7 heteroatoms. The maximum atomic E-state index is 11.7. The number of hydrazine groups is 1. The molecule has 0 atom stereocenters. The minimum Gasteiger partial charge on any atom is -0.374 e. The number of alkyl halides is 2. The van der Waals surface area contributed by atoms with E-state index in [0.717, 1.165) is 0 Å². The smallest absolute Gasteiger partial charge is 0.261 e. The number of hydrogen-bond acceptors (Lipinski definition) is 3. The highest BCUT2D eigenvalue weighted by atomic mass is 19.3. The normalized spacial score (nSPS) is 12.3. The summed E-state index contributed by atoms with van der Waals surface area (Å²) in [7, 11) is 0. The fraction of sp³-hybridized carbons (Fsp3) is 0.875. The van der Waals surface area contributed by atoms with Gasteiger partial charge in [0.05, 0.1) is 13.2 Å². The molecule has 0 heterocycles. The Labute approximate surface area is 88.0 Å². The third-order valence-corrected chi connectivity index (χ3v) is 1.31. The van der Waals surface area contributed by atoms with Gasteiger partial charge in [0.1, 0.15) is 6.61 Å². The Kier molecular flexibility index (Phi) is 7.84. The highest BCUT2D eigenvalue weighted by Gasteiger charge is 2.01. The maximum absolute atomic E-state index is 11.7. The number of halogens is 2. The van der Waals surface area contributed by atoms with Gasteiger partial charge in [0.25, 0.3) is 6.43 Å². The molecule has 0 bridgehead atoms. The van der Waals surface area contributed by atoms with Crippen molar-refractivity contribution in [2.75, 3.05) is 19.8 Å². The number of nitrogens with zero attached hydrogens (tertiary/aromatic N) is 1. The molecule has 0 aromatic heterocycles. The van der Waals surface area contributed by atoms with E-state index < -0.39 is 13.0 Å². The van der Waals surface area contributed by atoms with Gasteiger partial charge in [-0.15, -0.1) is 0 Å². The Balaban J connectivity index is 3.62. The number of nitrogens with one attached hydrogen (secondary N) is 2. The fourth-order valence-corrected chi connectivity index (χ4v) is 0.801. The number of nitrogens with two attached hydrogens (primary N) is 1. The standard InChI is InChI=1S/C8H18F2N4O/c1-6(2)13-8(14-11)12-3-4-15-5-7(9)10/h6-7H,3-5,11H2,1-2H3,(H2,12,13,14). The molecule has 0 aromatic carbocycles. The lowest BCUT2D eigenvalue weighted by molar-refractivity contribution is 0.0207.